The van der Waals surface area contributed by atoms with Crippen molar-refractivity contribution >= 4 is 12.0 Å². The number of methoxy groups -OCH3 is 2. The van der Waals surface area contributed by atoms with Crippen LogP contribution < -0.4 is 9.47 Å². The molecule has 0 N–H and O–H groups in total. The largest absolute Gasteiger partial charge is 0.497 e. The number of benzene rings is 2. The quantitative estimate of drug-likeness (QED) is 0.680. The highest BCUT2D eigenvalue weighted by Crippen LogP contribution is 2.41. The summed E-state index contributed by atoms with van der Waals surface area (Å²) in [6, 6.07) is 14.8. The molecule has 4 rings (SSSR count). The summed E-state index contributed by atoms with van der Waals surface area (Å²) >= 11 is 0. The molecule has 0 aliphatic heterocycles. The van der Waals surface area contributed by atoms with Crippen molar-refractivity contribution in [1.29, 1.82) is 0 Å². The third-order valence-electron chi connectivity index (χ3n) is 5.66. The zero-order valence-electron chi connectivity index (χ0n) is 16.6. The minimum Gasteiger partial charge on any atom is -0.497 e. The molecule has 146 valence electrons. The Hall–Kier alpha value is -2.75. The molecular formula is C24H27NO3. The van der Waals surface area contributed by atoms with E-state index in [4.69, 9.17) is 9.47 Å². The van der Waals surface area contributed by atoms with Crippen LogP contribution in [0.3, 0.4) is 0 Å². The van der Waals surface area contributed by atoms with E-state index in [1.165, 1.54) is 11.1 Å². The van der Waals surface area contributed by atoms with Crippen molar-refractivity contribution in [3.63, 3.8) is 0 Å². The van der Waals surface area contributed by atoms with E-state index in [0.717, 1.165) is 37.7 Å². The molecule has 1 atom stereocenters. The maximum atomic E-state index is 13.2. The van der Waals surface area contributed by atoms with Gasteiger partial charge in [0.05, 0.1) is 20.3 Å². The molecule has 2 aliphatic carbocycles. The van der Waals surface area contributed by atoms with Gasteiger partial charge >= 0.3 is 0 Å². The predicted molar refractivity (Wildman–Crippen MR) is 111 cm³/mol. The van der Waals surface area contributed by atoms with Gasteiger partial charge in [0.2, 0.25) is 5.91 Å². The van der Waals surface area contributed by atoms with E-state index >= 15 is 0 Å². The molecule has 0 radical (unpaired) electrons. The normalized spacial score (nSPS) is 18.6. The first-order chi connectivity index (χ1) is 13.7. The van der Waals surface area contributed by atoms with Crippen LogP contribution in [-0.2, 0) is 11.2 Å². The minimum absolute atomic E-state index is 0.0889. The van der Waals surface area contributed by atoms with Gasteiger partial charge in [0, 0.05) is 18.2 Å². The fourth-order valence-electron chi connectivity index (χ4n) is 4.14. The number of amides is 1. The summed E-state index contributed by atoms with van der Waals surface area (Å²) in [6.07, 6.45) is 9.05. The third-order valence-corrected chi connectivity index (χ3v) is 5.66. The van der Waals surface area contributed by atoms with Gasteiger partial charge in [0.15, 0.2) is 0 Å². The molecule has 0 spiro atoms. The number of carbonyl (C=O) groups excluding carboxylic acids is 1. The van der Waals surface area contributed by atoms with E-state index in [0.29, 0.717) is 17.5 Å². The Morgan fingerprint density at radius 1 is 1.04 bits per heavy atom. The lowest BCUT2D eigenvalue weighted by molar-refractivity contribution is -0.129. The van der Waals surface area contributed by atoms with Crippen molar-refractivity contribution in [3.05, 3.63) is 65.2 Å². The van der Waals surface area contributed by atoms with Crippen LogP contribution in [0.15, 0.2) is 48.5 Å². The Morgan fingerprint density at radius 2 is 1.75 bits per heavy atom. The summed E-state index contributed by atoms with van der Waals surface area (Å²) in [5, 5.41) is 0. The number of carbonyl (C=O) groups is 1. The van der Waals surface area contributed by atoms with Gasteiger partial charge in [-0.25, -0.2) is 0 Å². The molecule has 28 heavy (non-hydrogen) atoms. The number of aryl methyl sites for hydroxylation is 1. The molecule has 1 saturated carbocycles. The molecule has 0 bridgehead atoms. The smallest absolute Gasteiger partial charge is 0.247 e. The second-order valence-electron chi connectivity index (χ2n) is 7.56. The summed E-state index contributed by atoms with van der Waals surface area (Å²) in [5.41, 5.74) is 3.61. The van der Waals surface area contributed by atoms with Gasteiger partial charge in [-0.1, -0.05) is 24.3 Å². The molecule has 4 heteroatoms. The van der Waals surface area contributed by atoms with Crippen molar-refractivity contribution in [3.8, 4) is 11.5 Å². The number of hydrogen-bond acceptors (Lipinski definition) is 3. The summed E-state index contributed by atoms with van der Waals surface area (Å²) in [4.78, 5) is 15.3. The molecule has 0 heterocycles. The van der Waals surface area contributed by atoms with Crippen LogP contribution in [0.1, 0.15) is 48.4 Å². The highest BCUT2D eigenvalue weighted by Gasteiger charge is 2.38. The average Bonchev–Trinajstić information content (AvgIpc) is 3.57. The van der Waals surface area contributed by atoms with Gasteiger partial charge in [0.1, 0.15) is 11.5 Å². The molecule has 2 aromatic rings. The number of hydrogen-bond donors (Lipinski definition) is 0. The van der Waals surface area contributed by atoms with Gasteiger partial charge in [0.25, 0.3) is 0 Å². The molecule has 0 saturated heterocycles. The van der Waals surface area contributed by atoms with Crippen LogP contribution in [0.2, 0.25) is 0 Å². The van der Waals surface area contributed by atoms with Crippen molar-refractivity contribution < 1.29 is 14.3 Å². The van der Waals surface area contributed by atoms with Crippen LogP contribution in [-0.4, -0.2) is 31.1 Å². The standard InChI is InChI=1S/C24H27NO3/c1-27-20-14-17(15-21(16-20)28-2)10-13-24(26)25(19-11-12-19)23-9-5-7-18-6-3-4-8-22(18)23/h3-4,6,8,10,13-16,19,23H,5,7,9,11-12H2,1-2H3/b13-10+/t23-/m0/s1. The summed E-state index contributed by atoms with van der Waals surface area (Å²) < 4.78 is 10.6. The Bertz CT molecular complexity index is 863. The van der Waals surface area contributed by atoms with E-state index in [9.17, 15) is 4.79 Å². The first kappa shape index (κ1) is 18.6. The van der Waals surface area contributed by atoms with E-state index in [1.54, 1.807) is 20.3 Å². The molecule has 1 fully saturated rings. The molecule has 1 amide bonds. The van der Waals surface area contributed by atoms with E-state index < -0.39 is 0 Å². The Morgan fingerprint density at radius 3 is 2.43 bits per heavy atom. The zero-order chi connectivity index (χ0) is 19.5. The molecule has 0 unspecified atom stereocenters. The summed E-state index contributed by atoms with van der Waals surface area (Å²) in [6.45, 7) is 0. The van der Waals surface area contributed by atoms with Gasteiger partial charge in [-0.15, -0.1) is 0 Å². The molecule has 2 aliphatic rings. The first-order valence-corrected chi connectivity index (χ1v) is 10.0. The lowest BCUT2D eigenvalue weighted by atomic mass is 9.86. The van der Waals surface area contributed by atoms with Crippen LogP contribution >= 0.6 is 0 Å². The third kappa shape index (κ3) is 3.91. The Labute approximate surface area is 166 Å². The topological polar surface area (TPSA) is 38.8 Å². The van der Waals surface area contributed by atoms with E-state index in [1.807, 2.05) is 24.3 Å². The number of rotatable bonds is 6. The van der Waals surface area contributed by atoms with E-state index in [2.05, 4.69) is 29.2 Å². The average molecular weight is 377 g/mol. The van der Waals surface area contributed by atoms with Gasteiger partial charge in [-0.2, -0.15) is 0 Å². The number of fused-ring (bicyclic) bond motifs is 1. The minimum atomic E-state index is 0.0889. The van der Waals surface area contributed by atoms with Crippen molar-refractivity contribution in [2.24, 2.45) is 0 Å². The maximum absolute atomic E-state index is 13.2. The highest BCUT2D eigenvalue weighted by molar-refractivity contribution is 5.92. The van der Waals surface area contributed by atoms with E-state index in [-0.39, 0.29) is 11.9 Å². The van der Waals surface area contributed by atoms with Crippen molar-refractivity contribution in [2.45, 2.75) is 44.2 Å². The number of nitrogens with zero attached hydrogens (tertiary/aromatic N) is 1. The van der Waals surface area contributed by atoms with Crippen LogP contribution in [0.5, 0.6) is 11.5 Å². The molecule has 4 nitrogen and oxygen atoms in total. The lowest BCUT2D eigenvalue weighted by Gasteiger charge is -2.35. The molecule has 2 aromatic carbocycles. The lowest BCUT2D eigenvalue weighted by Crippen LogP contribution is -2.37. The molecule has 0 aromatic heterocycles. The van der Waals surface area contributed by atoms with Crippen LogP contribution in [0.4, 0.5) is 0 Å². The maximum Gasteiger partial charge on any atom is 0.247 e. The van der Waals surface area contributed by atoms with Gasteiger partial charge in [-0.3, -0.25) is 4.79 Å². The van der Waals surface area contributed by atoms with Crippen molar-refractivity contribution in [1.82, 2.24) is 4.90 Å². The summed E-state index contributed by atoms with van der Waals surface area (Å²) in [5.74, 6) is 1.52. The van der Waals surface area contributed by atoms with Gasteiger partial charge < -0.3 is 14.4 Å². The van der Waals surface area contributed by atoms with Crippen LogP contribution in [0.25, 0.3) is 6.08 Å². The number of ether oxygens (including phenoxy) is 2. The predicted octanol–water partition coefficient (Wildman–Crippen LogP) is 4.79. The van der Waals surface area contributed by atoms with Crippen molar-refractivity contribution in [2.75, 3.05) is 14.2 Å². The highest BCUT2D eigenvalue weighted by atomic mass is 16.5. The van der Waals surface area contributed by atoms with Crippen LogP contribution in [0, 0.1) is 0 Å². The SMILES string of the molecule is COc1cc(/C=C/C(=O)N(C2CC2)[C@H]2CCCc3ccccc32)cc(OC)c1. The Kier molecular flexibility index (Phi) is 5.38. The monoisotopic (exact) mass is 377 g/mol. The van der Waals surface area contributed by atoms with Gasteiger partial charge in [-0.05, 0) is 67.0 Å². The fraction of sp³-hybridized carbons (Fsp3) is 0.375. The first-order valence-electron chi connectivity index (χ1n) is 10.0. The summed E-state index contributed by atoms with van der Waals surface area (Å²) in [7, 11) is 3.26. The second kappa shape index (κ2) is 8.09. The molecular weight excluding hydrogens is 350 g/mol. The Balaban J connectivity index is 1.58. The zero-order valence-corrected chi connectivity index (χ0v) is 16.6. The second-order valence-corrected chi connectivity index (χ2v) is 7.56. The fourth-order valence-corrected chi connectivity index (χ4v) is 4.14.